The number of aromatic hydroxyl groups is 1. The lowest BCUT2D eigenvalue weighted by molar-refractivity contribution is 0.0982. The van der Waals surface area contributed by atoms with Crippen LogP contribution in [0.1, 0.15) is 44.0 Å². The van der Waals surface area contributed by atoms with Gasteiger partial charge >= 0.3 is 0 Å². The zero-order valence-corrected chi connectivity index (χ0v) is 9.08. The highest BCUT2D eigenvalue weighted by atomic mass is 16.3. The summed E-state index contributed by atoms with van der Waals surface area (Å²) in [5.41, 5.74) is 0.676. The topological polar surface area (TPSA) is 37.3 Å². The van der Waals surface area contributed by atoms with Gasteiger partial charge in [0.15, 0.2) is 5.78 Å². The lowest BCUT2D eigenvalue weighted by atomic mass is 10.1. The third-order valence-electron chi connectivity index (χ3n) is 1.67. The van der Waals surface area contributed by atoms with Gasteiger partial charge in [-0.3, -0.25) is 4.79 Å². The first-order chi connectivity index (χ1) is 6.74. The van der Waals surface area contributed by atoms with Crippen molar-refractivity contribution in [3.8, 4) is 5.75 Å². The maximum absolute atomic E-state index is 11.3. The number of phenols is 1. The fraction of sp³-hybridized carbons (Fsp3) is 0.417. The Labute approximate surface area is 85.6 Å². The average molecular weight is 194 g/mol. The van der Waals surface area contributed by atoms with Gasteiger partial charge in [0.05, 0.1) is 0 Å². The summed E-state index contributed by atoms with van der Waals surface area (Å²) in [5.74, 6) is 0.334. The van der Waals surface area contributed by atoms with Crippen molar-refractivity contribution in [2.45, 2.75) is 33.6 Å². The third-order valence-corrected chi connectivity index (χ3v) is 1.67. The molecule has 0 aromatic heterocycles. The number of hydrogen-bond donors (Lipinski definition) is 1. The van der Waals surface area contributed by atoms with Crippen molar-refractivity contribution >= 4 is 5.78 Å². The zero-order chi connectivity index (χ0) is 11.0. The van der Waals surface area contributed by atoms with E-state index in [1.54, 1.807) is 12.1 Å². The van der Waals surface area contributed by atoms with Crippen LogP contribution in [0.15, 0.2) is 24.3 Å². The van der Waals surface area contributed by atoms with Gasteiger partial charge in [-0.1, -0.05) is 20.8 Å². The van der Waals surface area contributed by atoms with Gasteiger partial charge in [-0.2, -0.15) is 0 Å². The van der Waals surface area contributed by atoms with Crippen LogP contribution in [0.25, 0.3) is 0 Å². The maximum atomic E-state index is 11.3. The molecule has 1 N–H and O–H groups in total. The van der Waals surface area contributed by atoms with Crippen molar-refractivity contribution in [1.29, 1.82) is 0 Å². The number of carbonyl (C=O) groups excluding carboxylic acids is 1. The number of carbonyl (C=O) groups is 1. The molecule has 0 spiro atoms. The van der Waals surface area contributed by atoms with Crippen LogP contribution in [0.4, 0.5) is 0 Å². The Kier molecular flexibility index (Phi) is 6.46. The zero-order valence-electron chi connectivity index (χ0n) is 9.08. The number of rotatable bonds is 3. The Morgan fingerprint density at radius 1 is 1.21 bits per heavy atom. The van der Waals surface area contributed by atoms with Crippen molar-refractivity contribution in [1.82, 2.24) is 0 Å². The molecule has 0 fully saturated rings. The van der Waals surface area contributed by atoms with Gasteiger partial charge in [-0.05, 0) is 30.7 Å². The summed E-state index contributed by atoms with van der Waals surface area (Å²) in [5, 5.41) is 8.96. The highest BCUT2D eigenvalue weighted by Crippen LogP contribution is 2.11. The molecule has 0 unspecified atom stereocenters. The van der Waals surface area contributed by atoms with E-state index in [0.717, 1.165) is 6.42 Å². The second-order valence-corrected chi connectivity index (χ2v) is 2.72. The Balaban J connectivity index is 0.000000791. The highest BCUT2D eigenvalue weighted by molar-refractivity contribution is 5.96. The van der Waals surface area contributed by atoms with Crippen LogP contribution in [-0.4, -0.2) is 10.9 Å². The maximum Gasteiger partial charge on any atom is 0.162 e. The number of benzene rings is 1. The molecule has 0 radical (unpaired) electrons. The van der Waals surface area contributed by atoms with Crippen LogP contribution in [-0.2, 0) is 0 Å². The molecule has 1 aromatic rings. The monoisotopic (exact) mass is 194 g/mol. The van der Waals surface area contributed by atoms with E-state index in [2.05, 4.69) is 0 Å². The van der Waals surface area contributed by atoms with Gasteiger partial charge in [-0.25, -0.2) is 0 Å². The largest absolute Gasteiger partial charge is 0.508 e. The lowest BCUT2D eigenvalue weighted by Crippen LogP contribution is -1.96. The Bertz CT molecular complexity index is 262. The molecular formula is C12H18O2. The van der Waals surface area contributed by atoms with Crippen LogP contribution < -0.4 is 0 Å². The van der Waals surface area contributed by atoms with Crippen molar-refractivity contribution in [3.05, 3.63) is 29.8 Å². The molecule has 0 amide bonds. The molecule has 0 heterocycles. The van der Waals surface area contributed by atoms with E-state index in [4.69, 9.17) is 5.11 Å². The predicted molar refractivity (Wildman–Crippen MR) is 58.7 cm³/mol. The first kappa shape index (κ1) is 12.7. The van der Waals surface area contributed by atoms with Gasteiger partial charge in [0.25, 0.3) is 0 Å². The summed E-state index contributed by atoms with van der Waals surface area (Å²) in [6.07, 6.45) is 1.44. The molecular weight excluding hydrogens is 176 g/mol. The van der Waals surface area contributed by atoms with Gasteiger partial charge < -0.3 is 5.11 Å². The molecule has 0 aliphatic rings. The second-order valence-electron chi connectivity index (χ2n) is 2.72. The van der Waals surface area contributed by atoms with Crippen LogP contribution in [0, 0.1) is 0 Å². The summed E-state index contributed by atoms with van der Waals surface area (Å²) in [7, 11) is 0. The minimum atomic E-state index is 0.137. The smallest absolute Gasteiger partial charge is 0.162 e. The van der Waals surface area contributed by atoms with Gasteiger partial charge in [0, 0.05) is 12.0 Å². The summed E-state index contributed by atoms with van der Waals surface area (Å²) in [6.45, 7) is 5.97. The quantitative estimate of drug-likeness (QED) is 0.749. The minimum absolute atomic E-state index is 0.137. The molecule has 0 saturated heterocycles. The fourth-order valence-corrected chi connectivity index (χ4v) is 1.02. The van der Waals surface area contributed by atoms with E-state index in [-0.39, 0.29) is 11.5 Å². The number of ketones is 1. The normalized spacial score (nSPS) is 8.79. The molecule has 1 aromatic carbocycles. The number of hydrogen-bond acceptors (Lipinski definition) is 2. The SMILES string of the molecule is CC.CCCC(=O)c1ccc(O)cc1. The molecule has 0 aliphatic carbocycles. The fourth-order valence-electron chi connectivity index (χ4n) is 1.02. The third kappa shape index (κ3) is 4.08. The Morgan fingerprint density at radius 2 is 1.71 bits per heavy atom. The van der Waals surface area contributed by atoms with Crippen LogP contribution >= 0.6 is 0 Å². The Hall–Kier alpha value is -1.31. The van der Waals surface area contributed by atoms with Crippen LogP contribution in [0.3, 0.4) is 0 Å². The molecule has 1 rings (SSSR count). The lowest BCUT2D eigenvalue weighted by Gasteiger charge is -1.98. The average Bonchev–Trinajstić information content (AvgIpc) is 2.22. The first-order valence-corrected chi connectivity index (χ1v) is 5.06. The van der Waals surface area contributed by atoms with Crippen molar-refractivity contribution < 1.29 is 9.90 Å². The van der Waals surface area contributed by atoms with Crippen molar-refractivity contribution in [2.75, 3.05) is 0 Å². The van der Waals surface area contributed by atoms with Crippen LogP contribution in [0.2, 0.25) is 0 Å². The number of phenolic OH excluding ortho intramolecular Hbond substituents is 1. The molecule has 0 bridgehead atoms. The summed E-state index contributed by atoms with van der Waals surface area (Å²) >= 11 is 0. The standard InChI is InChI=1S/C10H12O2.C2H6/c1-2-3-10(12)8-4-6-9(11)7-5-8;1-2/h4-7,11H,2-3H2,1H3;1-2H3. The highest BCUT2D eigenvalue weighted by Gasteiger charge is 2.02. The number of Topliss-reactive ketones (excluding diaryl/α,β-unsaturated/α-hetero) is 1. The minimum Gasteiger partial charge on any atom is -0.508 e. The molecule has 2 heteroatoms. The van der Waals surface area contributed by atoms with Gasteiger partial charge in [0.1, 0.15) is 5.75 Å². The van der Waals surface area contributed by atoms with E-state index >= 15 is 0 Å². The van der Waals surface area contributed by atoms with E-state index in [0.29, 0.717) is 12.0 Å². The van der Waals surface area contributed by atoms with Crippen molar-refractivity contribution in [2.24, 2.45) is 0 Å². The predicted octanol–water partition coefficient (Wildman–Crippen LogP) is 3.40. The van der Waals surface area contributed by atoms with Crippen molar-refractivity contribution in [3.63, 3.8) is 0 Å². The van der Waals surface area contributed by atoms with Gasteiger partial charge in [0.2, 0.25) is 0 Å². The molecule has 0 aliphatic heterocycles. The van der Waals surface area contributed by atoms with Crippen LogP contribution in [0.5, 0.6) is 5.75 Å². The first-order valence-electron chi connectivity index (χ1n) is 5.06. The molecule has 78 valence electrons. The van der Waals surface area contributed by atoms with E-state index in [9.17, 15) is 4.79 Å². The van der Waals surface area contributed by atoms with Gasteiger partial charge in [-0.15, -0.1) is 0 Å². The summed E-state index contributed by atoms with van der Waals surface area (Å²) in [6, 6.07) is 6.35. The molecule has 2 nitrogen and oxygen atoms in total. The summed E-state index contributed by atoms with van der Waals surface area (Å²) in [4.78, 5) is 11.3. The molecule has 0 atom stereocenters. The molecule has 14 heavy (non-hydrogen) atoms. The van der Waals surface area contributed by atoms with E-state index in [1.165, 1.54) is 12.1 Å². The van der Waals surface area contributed by atoms with E-state index < -0.39 is 0 Å². The van der Waals surface area contributed by atoms with E-state index in [1.807, 2.05) is 20.8 Å². The summed E-state index contributed by atoms with van der Waals surface area (Å²) < 4.78 is 0. The second kappa shape index (κ2) is 7.13. The molecule has 0 saturated carbocycles. The Morgan fingerprint density at radius 3 is 2.14 bits per heavy atom.